The number of aromatic nitrogens is 1. The molecule has 0 spiro atoms. The number of anilines is 1. The number of rotatable bonds is 6. The summed E-state index contributed by atoms with van der Waals surface area (Å²) in [4.78, 5) is 20.3. The van der Waals surface area contributed by atoms with Gasteiger partial charge >= 0.3 is 0 Å². The van der Waals surface area contributed by atoms with Gasteiger partial charge in [-0.05, 0) is 36.7 Å². The van der Waals surface area contributed by atoms with Crippen molar-refractivity contribution in [2.24, 2.45) is 0 Å². The fourth-order valence-corrected chi connectivity index (χ4v) is 2.58. The Kier molecular flexibility index (Phi) is 6.10. The van der Waals surface area contributed by atoms with Crippen LogP contribution in [0.2, 0.25) is 0 Å². The third-order valence-corrected chi connectivity index (χ3v) is 4.13. The smallest absolute Gasteiger partial charge is 0.146 e. The molecule has 1 aliphatic rings. The highest BCUT2D eigenvalue weighted by Gasteiger charge is 2.14. The van der Waals surface area contributed by atoms with E-state index in [2.05, 4.69) is 33.2 Å². The van der Waals surface area contributed by atoms with E-state index in [4.69, 9.17) is 0 Å². The van der Waals surface area contributed by atoms with Crippen molar-refractivity contribution in [2.45, 2.75) is 19.9 Å². The number of nitrogens with one attached hydrogen (secondary N) is 1. The average Bonchev–Trinajstić information content (AvgIpc) is 2.55. The molecular formula is C17H26N4O. The highest BCUT2D eigenvalue weighted by Crippen LogP contribution is 2.19. The molecule has 0 radical (unpaired) electrons. The SMILES string of the molecule is CC/C(C=O)=C/c1ncc(CN2CCN(C)CC2)cc1NC. The fraction of sp³-hybridized carbons (Fsp3) is 0.529. The zero-order valence-electron chi connectivity index (χ0n) is 13.8. The molecule has 5 heteroatoms. The quantitative estimate of drug-likeness (QED) is 0.642. The molecule has 0 aliphatic carbocycles. The van der Waals surface area contributed by atoms with Crippen molar-refractivity contribution in [3.8, 4) is 0 Å². The van der Waals surface area contributed by atoms with Crippen LogP contribution in [-0.4, -0.2) is 61.3 Å². The molecule has 5 nitrogen and oxygen atoms in total. The van der Waals surface area contributed by atoms with E-state index in [1.807, 2.05) is 26.2 Å². The van der Waals surface area contributed by atoms with Crippen LogP contribution in [0.4, 0.5) is 5.69 Å². The number of hydrogen-bond donors (Lipinski definition) is 1. The topological polar surface area (TPSA) is 48.5 Å². The molecule has 0 unspecified atom stereocenters. The van der Waals surface area contributed by atoms with Gasteiger partial charge in [-0.1, -0.05) is 6.92 Å². The summed E-state index contributed by atoms with van der Waals surface area (Å²) in [5.41, 5.74) is 3.76. The molecule has 0 amide bonds. The second-order valence-corrected chi connectivity index (χ2v) is 5.80. The number of pyridine rings is 1. The van der Waals surface area contributed by atoms with Gasteiger partial charge in [-0.2, -0.15) is 0 Å². The van der Waals surface area contributed by atoms with E-state index in [0.717, 1.165) is 62.4 Å². The summed E-state index contributed by atoms with van der Waals surface area (Å²) in [5, 5.41) is 3.18. The molecular weight excluding hydrogens is 276 g/mol. The van der Waals surface area contributed by atoms with Crippen LogP contribution in [0.5, 0.6) is 0 Å². The van der Waals surface area contributed by atoms with Gasteiger partial charge in [0.25, 0.3) is 0 Å². The molecule has 22 heavy (non-hydrogen) atoms. The van der Waals surface area contributed by atoms with Crippen LogP contribution in [-0.2, 0) is 11.3 Å². The number of nitrogens with zero attached hydrogens (tertiary/aromatic N) is 3. The molecule has 0 saturated carbocycles. The summed E-state index contributed by atoms with van der Waals surface area (Å²) in [6.45, 7) is 7.32. The lowest BCUT2D eigenvalue weighted by Crippen LogP contribution is -2.43. The Bertz CT molecular complexity index is 533. The van der Waals surface area contributed by atoms with Gasteiger partial charge in [0.2, 0.25) is 0 Å². The number of aldehydes is 1. The maximum atomic E-state index is 11.0. The summed E-state index contributed by atoms with van der Waals surface area (Å²) in [6.07, 6.45) is 5.40. The first-order chi connectivity index (χ1) is 10.7. The first-order valence-electron chi connectivity index (χ1n) is 7.89. The molecule has 1 saturated heterocycles. The summed E-state index contributed by atoms with van der Waals surface area (Å²) < 4.78 is 0. The number of carbonyl (C=O) groups is 1. The summed E-state index contributed by atoms with van der Waals surface area (Å²) in [6, 6.07) is 2.13. The molecule has 1 aromatic heterocycles. The van der Waals surface area contributed by atoms with Crippen LogP contribution in [0, 0.1) is 0 Å². The van der Waals surface area contributed by atoms with E-state index >= 15 is 0 Å². The molecule has 120 valence electrons. The van der Waals surface area contributed by atoms with E-state index < -0.39 is 0 Å². The predicted octanol–water partition coefficient (Wildman–Crippen LogP) is 1.86. The van der Waals surface area contributed by atoms with Crippen LogP contribution in [0.25, 0.3) is 6.08 Å². The molecule has 1 aromatic rings. The van der Waals surface area contributed by atoms with Gasteiger partial charge < -0.3 is 10.2 Å². The largest absolute Gasteiger partial charge is 0.386 e. The van der Waals surface area contributed by atoms with Gasteiger partial charge in [-0.3, -0.25) is 14.7 Å². The maximum absolute atomic E-state index is 11.0. The van der Waals surface area contributed by atoms with Crippen molar-refractivity contribution >= 4 is 18.0 Å². The summed E-state index contributed by atoms with van der Waals surface area (Å²) in [5.74, 6) is 0. The number of hydrogen-bond acceptors (Lipinski definition) is 5. The first kappa shape index (κ1) is 16.6. The zero-order valence-corrected chi connectivity index (χ0v) is 13.8. The maximum Gasteiger partial charge on any atom is 0.146 e. The third kappa shape index (κ3) is 4.39. The van der Waals surface area contributed by atoms with Gasteiger partial charge in [0.05, 0.1) is 11.4 Å². The zero-order chi connectivity index (χ0) is 15.9. The molecule has 1 N–H and O–H groups in total. The Morgan fingerprint density at radius 3 is 2.68 bits per heavy atom. The summed E-state index contributed by atoms with van der Waals surface area (Å²) >= 11 is 0. The second-order valence-electron chi connectivity index (χ2n) is 5.80. The lowest BCUT2D eigenvalue weighted by Gasteiger charge is -2.32. The van der Waals surface area contributed by atoms with Crippen LogP contribution in [0.3, 0.4) is 0 Å². The van der Waals surface area contributed by atoms with Gasteiger partial charge in [0, 0.05) is 46.0 Å². The van der Waals surface area contributed by atoms with Gasteiger partial charge in [0.1, 0.15) is 6.29 Å². The minimum atomic E-state index is 0.720. The molecule has 1 fully saturated rings. The molecule has 0 aromatic carbocycles. The van der Waals surface area contributed by atoms with Crippen molar-refractivity contribution in [3.63, 3.8) is 0 Å². The standard InChI is InChI=1S/C17H26N4O/c1-4-14(13-22)9-17-16(18-2)10-15(11-19-17)12-21-7-5-20(3)6-8-21/h9-11,13,18H,4-8,12H2,1-3H3/b14-9-. The van der Waals surface area contributed by atoms with E-state index in [1.54, 1.807) is 0 Å². The molecule has 2 heterocycles. The van der Waals surface area contributed by atoms with Gasteiger partial charge in [-0.25, -0.2) is 0 Å². The number of allylic oxidation sites excluding steroid dienone is 1. The fourth-order valence-electron chi connectivity index (χ4n) is 2.58. The van der Waals surface area contributed by atoms with Gasteiger partial charge in [0.15, 0.2) is 0 Å². The van der Waals surface area contributed by atoms with Crippen LogP contribution in [0.15, 0.2) is 17.8 Å². The summed E-state index contributed by atoms with van der Waals surface area (Å²) in [7, 11) is 4.05. The molecule has 1 aliphatic heterocycles. The molecule has 0 atom stereocenters. The number of carbonyl (C=O) groups excluding carboxylic acids is 1. The normalized spacial score (nSPS) is 17.5. The minimum Gasteiger partial charge on any atom is -0.386 e. The van der Waals surface area contributed by atoms with Crippen molar-refractivity contribution < 1.29 is 4.79 Å². The van der Waals surface area contributed by atoms with Gasteiger partial charge in [-0.15, -0.1) is 0 Å². The average molecular weight is 302 g/mol. The van der Waals surface area contributed by atoms with Crippen molar-refractivity contribution in [1.82, 2.24) is 14.8 Å². The second kappa shape index (κ2) is 8.06. The van der Waals surface area contributed by atoms with Crippen molar-refractivity contribution in [2.75, 3.05) is 45.6 Å². The third-order valence-electron chi connectivity index (χ3n) is 4.13. The Morgan fingerprint density at radius 2 is 2.09 bits per heavy atom. The van der Waals surface area contributed by atoms with Crippen LogP contribution >= 0.6 is 0 Å². The molecule has 2 rings (SSSR count). The predicted molar refractivity (Wildman–Crippen MR) is 90.9 cm³/mol. The lowest BCUT2D eigenvalue weighted by atomic mass is 10.1. The Balaban J connectivity index is 2.11. The minimum absolute atomic E-state index is 0.720. The van der Waals surface area contributed by atoms with E-state index in [9.17, 15) is 4.79 Å². The Morgan fingerprint density at radius 1 is 1.36 bits per heavy atom. The Hall–Kier alpha value is -1.72. The highest BCUT2D eigenvalue weighted by atomic mass is 16.1. The number of likely N-dealkylation sites (N-methyl/N-ethyl adjacent to an activating group) is 1. The highest BCUT2D eigenvalue weighted by molar-refractivity contribution is 5.83. The van der Waals surface area contributed by atoms with E-state index in [1.165, 1.54) is 5.56 Å². The molecule has 0 bridgehead atoms. The van der Waals surface area contributed by atoms with Crippen LogP contribution in [0.1, 0.15) is 24.6 Å². The van der Waals surface area contributed by atoms with E-state index in [-0.39, 0.29) is 0 Å². The Labute approximate surface area is 133 Å². The first-order valence-corrected chi connectivity index (χ1v) is 7.89. The van der Waals surface area contributed by atoms with E-state index in [0.29, 0.717) is 0 Å². The van der Waals surface area contributed by atoms with Crippen molar-refractivity contribution in [3.05, 3.63) is 29.1 Å². The lowest BCUT2D eigenvalue weighted by molar-refractivity contribution is -0.104. The van der Waals surface area contributed by atoms with Crippen molar-refractivity contribution in [1.29, 1.82) is 0 Å². The number of piperazine rings is 1. The monoisotopic (exact) mass is 302 g/mol. The van der Waals surface area contributed by atoms with Crippen LogP contribution < -0.4 is 5.32 Å².